The average Bonchev–Trinajstić information content (AvgIpc) is 2.44. The van der Waals surface area contributed by atoms with Crippen LogP contribution in [0.1, 0.15) is 38.3 Å². The number of hydrogen-bond acceptors (Lipinski definition) is 3. The van der Waals surface area contributed by atoms with E-state index in [9.17, 15) is 0 Å². The van der Waals surface area contributed by atoms with Gasteiger partial charge >= 0.3 is 0 Å². The normalized spacial score (nSPS) is 12.7. The minimum absolute atomic E-state index is 0.382. The largest absolute Gasteiger partial charge is 0.375 e. The van der Waals surface area contributed by atoms with Crippen LogP contribution in [0.5, 0.6) is 0 Å². The number of halogens is 1. The first-order chi connectivity index (χ1) is 9.95. The molecular formula is C17H30BrN3. The van der Waals surface area contributed by atoms with Crippen molar-refractivity contribution < 1.29 is 0 Å². The number of hydrogen-bond donors (Lipinski definition) is 1. The minimum atomic E-state index is 0.382. The fourth-order valence-corrected chi connectivity index (χ4v) is 3.04. The van der Waals surface area contributed by atoms with Crippen molar-refractivity contribution >= 4 is 21.6 Å². The zero-order chi connectivity index (χ0) is 15.8. The van der Waals surface area contributed by atoms with Crippen molar-refractivity contribution in [2.45, 2.75) is 32.7 Å². The first-order valence-electron chi connectivity index (χ1n) is 7.84. The van der Waals surface area contributed by atoms with Crippen LogP contribution >= 0.6 is 15.9 Å². The molecule has 1 N–H and O–H groups in total. The SMILES string of the molecule is CCCNC(C)c1ccc(N(C)CCCN(C)C)cc1Br. The highest BCUT2D eigenvalue weighted by Gasteiger charge is 2.10. The summed E-state index contributed by atoms with van der Waals surface area (Å²) in [6.07, 6.45) is 2.34. The molecule has 120 valence electrons. The molecule has 1 atom stereocenters. The lowest BCUT2D eigenvalue weighted by atomic mass is 10.1. The Morgan fingerprint density at radius 3 is 2.48 bits per heavy atom. The maximum Gasteiger partial charge on any atom is 0.0375 e. The summed E-state index contributed by atoms with van der Waals surface area (Å²) in [7, 11) is 6.40. The van der Waals surface area contributed by atoms with Crippen LogP contribution < -0.4 is 10.2 Å². The van der Waals surface area contributed by atoms with Crippen molar-refractivity contribution in [3.8, 4) is 0 Å². The highest BCUT2D eigenvalue weighted by atomic mass is 79.9. The molecule has 0 aliphatic rings. The smallest absolute Gasteiger partial charge is 0.0375 e. The molecule has 0 radical (unpaired) electrons. The lowest BCUT2D eigenvalue weighted by Gasteiger charge is -2.22. The van der Waals surface area contributed by atoms with Gasteiger partial charge in [0.05, 0.1) is 0 Å². The third-order valence-corrected chi connectivity index (χ3v) is 4.38. The van der Waals surface area contributed by atoms with Crippen LogP contribution in [0.2, 0.25) is 0 Å². The zero-order valence-electron chi connectivity index (χ0n) is 14.1. The molecule has 0 amide bonds. The van der Waals surface area contributed by atoms with Gasteiger partial charge in [-0.05, 0) is 64.6 Å². The summed E-state index contributed by atoms with van der Waals surface area (Å²) in [5.41, 5.74) is 2.60. The number of nitrogens with zero attached hydrogens (tertiary/aromatic N) is 2. The van der Waals surface area contributed by atoms with Crippen molar-refractivity contribution in [2.24, 2.45) is 0 Å². The number of nitrogens with one attached hydrogen (secondary N) is 1. The molecule has 3 nitrogen and oxygen atoms in total. The second-order valence-electron chi connectivity index (χ2n) is 5.96. The van der Waals surface area contributed by atoms with Crippen LogP contribution in [0.4, 0.5) is 5.69 Å². The lowest BCUT2D eigenvalue weighted by molar-refractivity contribution is 0.401. The minimum Gasteiger partial charge on any atom is -0.375 e. The molecule has 4 heteroatoms. The van der Waals surface area contributed by atoms with Crippen molar-refractivity contribution in [3.05, 3.63) is 28.2 Å². The summed E-state index contributed by atoms with van der Waals surface area (Å²) in [6, 6.07) is 7.07. The second kappa shape index (κ2) is 9.44. The fraction of sp³-hybridized carbons (Fsp3) is 0.647. The van der Waals surface area contributed by atoms with Crippen LogP contribution in [0.15, 0.2) is 22.7 Å². The van der Waals surface area contributed by atoms with Crippen LogP contribution in [-0.4, -0.2) is 45.7 Å². The molecule has 0 aliphatic heterocycles. The van der Waals surface area contributed by atoms with E-state index >= 15 is 0 Å². The van der Waals surface area contributed by atoms with Gasteiger partial charge in [-0.25, -0.2) is 0 Å². The quantitative estimate of drug-likeness (QED) is 0.724. The van der Waals surface area contributed by atoms with Gasteiger partial charge in [0.2, 0.25) is 0 Å². The Bertz CT molecular complexity index is 420. The number of rotatable bonds is 9. The van der Waals surface area contributed by atoms with Gasteiger partial charge in [-0.15, -0.1) is 0 Å². The van der Waals surface area contributed by atoms with Gasteiger partial charge in [0, 0.05) is 29.8 Å². The van der Waals surface area contributed by atoms with E-state index in [-0.39, 0.29) is 0 Å². The van der Waals surface area contributed by atoms with E-state index in [1.165, 1.54) is 22.1 Å². The molecular weight excluding hydrogens is 326 g/mol. The van der Waals surface area contributed by atoms with Crippen LogP contribution in [0.25, 0.3) is 0 Å². The van der Waals surface area contributed by atoms with Gasteiger partial charge in [-0.1, -0.05) is 28.9 Å². The summed E-state index contributed by atoms with van der Waals surface area (Å²) in [4.78, 5) is 4.55. The molecule has 0 aromatic heterocycles. The van der Waals surface area contributed by atoms with E-state index in [4.69, 9.17) is 0 Å². The highest BCUT2D eigenvalue weighted by Crippen LogP contribution is 2.28. The van der Waals surface area contributed by atoms with Crippen LogP contribution in [0, 0.1) is 0 Å². The van der Waals surface area contributed by atoms with Gasteiger partial charge in [-0.2, -0.15) is 0 Å². The van der Waals surface area contributed by atoms with Gasteiger partial charge in [0.15, 0.2) is 0 Å². The van der Waals surface area contributed by atoms with Crippen molar-refractivity contribution in [1.29, 1.82) is 0 Å². The van der Waals surface area contributed by atoms with E-state index < -0.39 is 0 Å². The Labute approximate surface area is 138 Å². The Morgan fingerprint density at radius 2 is 1.90 bits per heavy atom. The Hall–Kier alpha value is -0.580. The molecule has 21 heavy (non-hydrogen) atoms. The monoisotopic (exact) mass is 355 g/mol. The highest BCUT2D eigenvalue weighted by molar-refractivity contribution is 9.10. The van der Waals surface area contributed by atoms with Crippen molar-refractivity contribution in [3.63, 3.8) is 0 Å². The molecule has 1 aromatic carbocycles. The molecule has 0 spiro atoms. The average molecular weight is 356 g/mol. The maximum atomic E-state index is 3.72. The summed E-state index contributed by atoms with van der Waals surface area (Å²) in [5, 5.41) is 3.54. The molecule has 0 aliphatic carbocycles. The maximum absolute atomic E-state index is 3.72. The fourth-order valence-electron chi connectivity index (χ4n) is 2.33. The second-order valence-corrected chi connectivity index (χ2v) is 6.81. The Morgan fingerprint density at radius 1 is 1.19 bits per heavy atom. The van der Waals surface area contributed by atoms with Crippen molar-refractivity contribution in [1.82, 2.24) is 10.2 Å². The predicted octanol–water partition coefficient (Wildman–Crippen LogP) is 3.90. The molecule has 0 saturated heterocycles. The Kier molecular flexibility index (Phi) is 8.30. The van der Waals surface area contributed by atoms with Gasteiger partial charge in [0.25, 0.3) is 0 Å². The standard InChI is InChI=1S/C17H30BrN3/c1-6-10-19-14(2)16-9-8-15(13-17(16)18)21(5)12-7-11-20(3)4/h8-9,13-14,19H,6-7,10-12H2,1-5H3. The molecule has 0 heterocycles. The van der Waals surface area contributed by atoms with E-state index in [2.05, 4.69) is 84.2 Å². The summed E-state index contributed by atoms with van der Waals surface area (Å²) >= 11 is 3.72. The summed E-state index contributed by atoms with van der Waals surface area (Å²) in [6.45, 7) is 7.67. The third kappa shape index (κ3) is 6.37. The zero-order valence-corrected chi connectivity index (χ0v) is 15.7. The molecule has 1 aromatic rings. The Balaban J connectivity index is 2.64. The summed E-state index contributed by atoms with van der Waals surface area (Å²) in [5.74, 6) is 0. The van der Waals surface area contributed by atoms with Crippen LogP contribution in [0.3, 0.4) is 0 Å². The molecule has 0 fully saturated rings. The first kappa shape index (κ1) is 18.5. The van der Waals surface area contributed by atoms with E-state index in [0.717, 1.165) is 26.1 Å². The van der Waals surface area contributed by atoms with E-state index in [0.29, 0.717) is 6.04 Å². The molecule has 1 rings (SSSR count). The van der Waals surface area contributed by atoms with E-state index in [1.807, 2.05) is 0 Å². The lowest BCUT2D eigenvalue weighted by Crippen LogP contribution is -2.23. The first-order valence-corrected chi connectivity index (χ1v) is 8.63. The molecule has 1 unspecified atom stereocenters. The number of benzene rings is 1. The summed E-state index contributed by atoms with van der Waals surface area (Å²) < 4.78 is 1.19. The van der Waals surface area contributed by atoms with Crippen molar-refractivity contribution in [2.75, 3.05) is 45.7 Å². The topological polar surface area (TPSA) is 18.5 Å². The van der Waals surface area contributed by atoms with Gasteiger partial charge in [-0.3, -0.25) is 0 Å². The van der Waals surface area contributed by atoms with Crippen LogP contribution in [-0.2, 0) is 0 Å². The third-order valence-electron chi connectivity index (χ3n) is 3.69. The van der Waals surface area contributed by atoms with Gasteiger partial charge < -0.3 is 15.1 Å². The predicted molar refractivity (Wildman–Crippen MR) is 97.3 cm³/mol. The number of anilines is 1. The molecule has 0 saturated carbocycles. The van der Waals surface area contributed by atoms with E-state index in [1.54, 1.807) is 0 Å². The van der Waals surface area contributed by atoms with Gasteiger partial charge in [0.1, 0.15) is 0 Å². The molecule has 0 bridgehead atoms.